The first-order valence-electron chi connectivity index (χ1n) is 11.5. The molecule has 178 valence electrons. The highest BCUT2D eigenvalue weighted by atomic mass is 79.9. The molecule has 0 bridgehead atoms. The van der Waals surface area contributed by atoms with Gasteiger partial charge in [0.1, 0.15) is 11.4 Å². The second kappa shape index (κ2) is 10.4. The van der Waals surface area contributed by atoms with Crippen LogP contribution in [0.4, 0.5) is 10.1 Å². The summed E-state index contributed by atoms with van der Waals surface area (Å²) >= 11 is 3.22. The fourth-order valence-electron chi connectivity index (χ4n) is 4.67. The summed E-state index contributed by atoms with van der Waals surface area (Å²) in [4.78, 5) is 25.2. The van der Waals surface area contributed by atoms with E-state index in [-0.39, 0.29) is 29.5 Å². The van der Waals surface area contributed by atoms with Gasteiger partial charge in [-0.1, -0.05) is 31.0 Å². The molecule has 33 heavy (non-hydrogen) atoms. The van der Waals surface area contributed by atoms with E-state index in [2.05, 4.69) is 21.2 Å². The Morgan fingerprint density at radius 1 is 1.15 bits per heavy atom. The third kappa shape index (κ3) is 6.66. The van der Waals surface area contributed by atoms with Crippen LogP contribution in [-0.2, 0) is 26.2 Å². The topological polar surface area (TPSA) is 55.4 Å². The van der Waals surface area contributed by atoms with Crippen LogP contribution in [0.1, 0.15) is 76.0 Å². The molecular formula is C27H33BrFNO3. The highest BCUT2D eigenvalue weighted by molar-refractivity contribution is 9.10. The van der Waals surface area contributed by atoms with Gasteiger partial charge in [-0.25, -0.2) is 4.39 Å². The van der Waals surface area contributed by atoms with E-state index in [9.17, 15) is 14.0 Å². The molecule has 0 heterocycles. The molecule has 4 nitrogen and oxygen atoms in total. The Labute approximate surface area is 204 Å². The molecule has 0 radical (unpaired) electrons. The molecule has 0 aromatic heterocycles. The van der Waals surface area contributed by atoms with Crippen LogP contribution in [0.3, 0.4) is 0 Å². The molecule has 6 heteroatoms. The fourth-order valence-corrected chi connectivity index (χ4v) is 4.91. The standard InChI is InChI=1S/C27H33BrFNO3/c1-18-19(10-13-25(32)33-26(2,3)4)8-7-9-23(18)30-24(31)17-27(14-5-6-15-27)20-11-12-21(28)22(29)16-20/h7-9,11-12,16H,5-6,10,13-15,17H2,1-4H3,(H,30,31). The maximum atomic E-state index is 14.2. The molecule has 1 aliphatic carbocycles. The Kier molecular flexibility index (Phi) is 7.99. The maximum absolute atomic E-state index is 14.2. The second-order valence-electron chi connectivity index (χ2n) is 10.0. The Morgan fingerprint density at radius 2 is 1.85 bits per heavy atom. The first-order valence-corrected chi connectivity index (χ1v) is 12.3. The number of aryl methyl sites for hydroxylation is 1. The fraction of sp³-hybridized carbons (Fsp3) is 0.481. The van der Waals surface area contributed by atoms with Gasteiger partial charge in [0.2, 0.25) is 5.91 Å². The average Bonchev–Trinajstić information content (AvgIpc) is 3.19. The lowest BCUT2D eigenvalue weighted by molar-refractivity contribution is -0.154. The highest BCUT2D eigenvalue weighted by Gasteiger charge is 2.38. The number of hydrogen-bond acceptors (Lipinski definition) is 3. The predicted molar refractivity (Wildman–Crippen MR) is 133 cm³/mol. The molecule has 1 N–H and O–H groups in total. The molecule has 3 rings (SSSR count). The number of anilines is 1. The summed E-state index contributed by atoms with van der Waals surface area (Å²) in [5.74, 6) is -0.610. The van der Waals surface area contributed by atoms with Gasteiger partial charge in [-0.3, -0.25) is 9.59 Å². The van der Waals surface area contributed by atoms with E-state index in [1.807, 2.05) is 52.0 Å². The molecule has 2 aromatic carbocycles. The first-order chi connectivity index (χ1) is 15.5. The van der Waals surface area contributed by atoms with Crippen LogP contribution in [0, 0.1) is 12.7 Å². The zero-order chi connectivity index (χ0) is 24.2. The predicted octanol–water partition coefficient (Wildman–Crippen LogP) is 7.01. The molecule has 2 aromatic rings. The van der Waals surface area contributed by atoms with E-state index >= 15 is 0 Å². The van der Waals surface area contributed by atoms with Crippen molar-refractivity contribution >= 4 is 33.5 Å². The van der Waals surface area contributed by atoms with Crippen molar-refractivity contribution < 1.29 is 18.7 Å². The summed E-state index contributed by atoms with van der Waals surface area (Å²) in [5, 5.41) is 3.07. The van der Waals surface area contributed by atoms with Crippen molar-refractivity contribution in [2.45, 2.75) is 83.7 Å². The second-order valence-corrected chi connectivity index (χ2v) is 10.9. The monoisotopic (exact) mass is 517 g/mol. The molecule has 0 atom stereocenters. The molecule has 1 saturated carbocycles. The van der Waals surface area contributed by atoms with E-state index in [0.717, 1.165) is 48.1 Å². The zero-order valence-electron chi connectivity index (χ0n) is 19.9. The molecule has 1 fully saturated rings. The van der Waals surface area contributed by atoms with Gasteiger partial charge in [0.15, 0.2) is 0 Å². The Balaban J connectivity index is 1.70. The molecule has 0 aliphatic heterocycles. The van der Waals surface area contributed by atoms with Crippen LogP contribution < -0.4 is 5.32 Å². The number of halogens is 2. The average molecular weight is 518 g/mol. The SMILES string of the molecule is Cc1c(CCC(=O)OC(C)(C)C)cccc1NC(=O)CC1(c2ccc(Br)c(F)c2)CCCC1. The third-order valence-corrected chi connectivity index (χ3v) is 6.97. The molecule has 0 saturated heterocycles. The number of amides is 1. The zero-order valence-corrected chi connectivity index (χ0v) is 21.5. The van der Waals surface area contributed by atoms with Crippen molar-refractivity contribution in [2.24, 2.45) is 0 Å². The summed E-state index contributed by atoms with van der Waals surface area (Å²) in [6.07, 6.45) is 4.96. The van der Waals surface area contributed by atoms with Crippen molar-refractivity contribution in [3.8, 4) is 0 Å². The van der Waals surface area contributed by atoms with Gasteiger partial charge >= 0.3 is 5.97 Å². The minimum atomic E-state index is -0.504. The molecule has 0 spiro atoms. The number of nitrogens with one attached hydrogen (secondary N) is 1. The van der Waals surface area contributed by atoms with Gasteiger partial charge < -0.3 is 10.1 Å². The van der Waals surface area contributed by atoms with Crippen molar-refractivity contribution in [1.82, 2.24) is 0 Å². The van der Waals surface area contributed by atoms with E-state index < -0.39 is 5.60 Å². The summed E-state index contributed by atoms with van der Waals surface area (Å²) in [6.45, 7) is 7.51. The lowest BCUT2D eigenvalue weighted by Gasteiger charge is -2.29. The normalized spacial score (nSPS) is 15.3. The molecular weight excluding hydrogens is 485 g/mol. The van der Waals surface area contributed by atoms with E-state index in [1.54, 1.807) is 12.1 Å². The number of hydrogen-bond donors (Lipinski definition) is 1. The van der Waals surface area contributed by atoms with Gasteiger partial charge in [0.05, 0.1) is 4.47 Å². The van der Waals surface area contributed by atoms with Gasteiger partial charge in [-0.05, 0) is 97.8 Å². The van der Waals surface area contributed by atoms with Crippen molar-refractivity contribution in [3.63, 3.8) is 0 Å². The van der Waals surface area contributed by atoms with Gasteiger partial charge in [-0.15, -0.1) is 0 Å². The van der Waals surface area contributed by atoms with Crippen LogP contribution in [-0.4, -0.2) is 17.5 Å². The van der Waals surface area contributed by atoms with Crippen molar-refractivity contribution in [2.75, 3.05) is 5.32 Å². The number of rotatable bonds is 7. The minimum absolute atomic E-state index is 0.0763. The molecule has 0 unspecified atom stereocenters. The van der Waals surface area contributed by atoms with E-state index in [0.29, 0.717) is 17.3 Å². The van der Waals surface area contributed by atoms with E-state index in [4.69, 9.17) is 4.74 Å². The largest absolute Gasteiger partial charge is 0.460 e. The third-order valence-electron chi connectivity index (χ3n) is 6.33. The van der Waals surface area contributed by atoms with Crippen molar-refractivity contribution in [3.05, 3.63) is 63.4 Å². The summed E-state index contributed by atoms with van der Waals surface area (Å²) in [7, 11) is 0. The van der Waals surface area contributed by atoms with Crippen LogP contribution in [0.5, 0.6) is 0 Å². The smallest absolute Gasteiger partial charge is 0.306 e. The van der Waals surface area contributed by atoms with Gasteiger partial charge in [0.25, 0.3) is 0 Å². The highest BCUT2D eigenvalue weighted by Crippen LogP contribution is 2.44. The van der Waals surface area contributed by atoms with Gasteiger partial charge in [-0.2, -0.15) is 0 Å². The summed E-state index contributed by atoms with van der Waals surface area (Å²) in [6, 6.07) is 11.0. The Morgan fingerprint density at radius 3 is 2.48 bits per heavy atom. The number of benzene rings is 2. The first kappa shape index (κ1) is 25.4. The minimum Gasteiger partial charge on any atom is -0.460 e. The number of esters is 1. The van der Waals surface area contributed by atoms with Crippen LogP contribution in [0.25, 0.3) is 0 Å². The number of carbonyl (C=O) groups excluding carboxylic acids is 2. The lowest BCUT2D eigenvalue weighted by atomic mass is 9.76. The van der Waals surface area contributed by atoms with Crippen molar-refractivity contribution in [1.29, 1.82) is 0 Å². The number of carbonyl (C=O) groups is 2. The van der Waals surface area contributed by atoms with Crippen LogP contribution in [0.2, 0.25) is 0 Å². The quantitative estimate of drug-likeness (QED) is 0.401. The summed E-state index contributed by atoms with van der Waals surface area (Å²) in [5.41, 5.74) is 2.74. The molecule has 1 amide bonds. The van der Waals surface area contributed by atoms with Crippen LogP contribution in [0.15, 0.2) is 40.9 Å². The summed E-state index contributed by atoms with van der Waals surface area (Å²) < 4.78 is 20.1. The maximum Gasteiger partial charge on any atom is 0.306 e. The van der Waals surface area contributed by atoms with Gasteiger partial charge in [0, 0.05) is 23.9 Å². The Hall–Kier alpha value is -2.21. The Bertz CT molecular complexity index is 1020. The van der Waals surface area contributed by atoms with Crippen LogP contribution >= 0.6 is 15.9 Å². The molecule has 1 aliphatic rings. The van der Waals surface area contributed by atoms with E-state index in [1.165, 1.54) is 0 Å². The number of ether oxygens (including phenoxy) is 1. The lowest BCUT2D eigenvalue weighted by Crippen LogP contribution is -2.29.